The number of aliphatic carboxylic acids is 2. The highest BCUT2D eigenvalue weighted by atomic mass is 16.4. The van der Waals surface area contributed by atoms with Crippen molar-refractivity contribution in [2.45, 2.75) is 167 Å². The lowest BCUT2D eigenvalue weighted by atomic mass is 9.85. The first-order valence-corrected chi connectivity index (χ1v) is 34.5. The van der Waals surface area contributed by atoms with Crippen molar-refractivity contribution in [1.29, 1.82) is 0 Å². The van der Waals surface area contributed by atoms with Crippen LogP contribution in [0.4, 0.5) is 0 Å². The van der Waals surface area contributed by atoms with Gasteiger partial charge in [-0.2, -0.15) is 0 Å². The zero-order valence-corrected chi connectivity index (χ0v) is 59.2. The van der Waals surface area contributed by atoms with Gasteiger partial charge in [0.15, 0.2) is 5.78 Å². The van der Waals surface area contributed by atoms with Crippen LogP contribution in [0.3, 0.4) is 0 Å². The van der Waals surface area contributed by atoms with E-state index in [4.69, 9.17) is 0 Å². The highest BCUT2D eigenvalue weighted by Gasteiger charge is 2.49. The molecular formula is C77H93N11O14. The number of carbonyl (C=O) groups is 12. The van der Waals surface area contributed by atoms with Crippen LogP contribution in [0.2, 0.25) is 0 Å². The number of ketones is 1. The number of carboxylic acids is 2. The summed E-state index contributed by atoms with van der Waals surface area (Å²) in [6, 6.07) is 25.0. The summed E-state index contributed by atoms with van der Waals surface area (Å²) in [7, 11) is 3.17. The number of likely N-dealkylation sites (N-methyl/N-ethyl adjacent to an activating group) is 2. The molecule has 2 saturated heterocycles. The molecule has 0 spiro atoms. The van der Waals surface area contributed by atoms with E-state index in [1.54, 1.807) is 81.6 Å². The molecule has 2 fully saturated rings. The lowest BCUT2D eigenvalue weighted by Crippen LogP contribution is -2.61. The van der Waals surface area contributed by atoms with E-state index in [-0.39, 0.29) is 62.7 Å². The van der Waals surface area contributed by atoms with Crippen LogP contribution >= 0.6 is 0 Å². The first-order valence-electron chi connectivity index (χ1n) is 34.5. The molecular weight excluding hydrogens is 1300 g/mol. The molecule has 25 nitrogen and oxygen atoms in total. The van der Waals surface area contributed by atoms with Crippen LogP contribution in [-0.2, 0) is 73.6 Å². The van der Waals surface area contributed by atoms with Crippen molar-refractivity contribution in [3.8, 4) is 0 Å². The Morgan fingerprint density at radius 3 is 1.28 bits per heavy atom. The molecule has 102 heavy (non-hydrogen) atoms. The van der Waals surface area contributed by atoms with Gasteiger partial charge in [0.1, 0.15) is 36.3 Å². The fourth-order valence-corrected chi connectivity index (χ4v) is 13.2. The molecule has 25 heteroatoms. The molecule has 6 heterocycles. The first kappa shape index (κ1) is 75.8. The van der Waals surface area contributed by atoms with Crippen LogP contribution in [0.5, 0.6) is 0 Å². The van der Waals surface area contributed by atoms with Crippen molar-refractivity contribution in [2.75, 3.05) is 27.2 Å². The van der Waals surface area contributed by atoms with E-state index in [2.05, 4.69) is 47.9 Å². The molecule has 6 aromatic carbocycles. The Balaban J connectivity index is 1.09. The number of nitrogens with zero attached hydrogens (tertiary/aromatic N) is 2. The highest BCUT2D eigenvalue weighted by molar-refractivity contribution is 6.00. The molecule has 11 N–H and O–H groups in total. The largest absolute Gasteiger partial charge is 0.481 e. The van der Waals surface area contributed by atoms with Gasteiger partial charge in [-0.15, -0.1) is 0 Å². The van der Waals surface area contributed by atoms with Crippen LogP contribution in [0.15, 0.2) is 133 Å². The van der Waals surface area contributed by atoms with Crippen LogP contribution in [0.25, 0.3) is 21.5 Å². The average molecular weight is 1400 g/mol. The van der Waals surface area contributed by atoms with E-state index in [0.717, 1.165) is 21.5 Å². The van der Waals surface area contributed by atoms with Crippen LogP contribution in [0, 0.1) is 16.7 Å². The summed E-state index contributed by atoms with van der Waals surface area (Å²) in [6.45, 7) is 13.2. The molecule has 6 aliphatic heterocycles. The molecule has 8 bridgehead atoms. The van der Waals surface area contributed by atoms with E-state index in [9.17, 15) is 48.6 Å². The Morgan fingerprint density at radius 2 is 0.882 bits per heavy atom. The number of fused-ring (bicyclic) bond motifs is 2. The zero-order valence-electron chi connectivity index (χ0n) is 59.2. The minimum Gasteiger partial charge on any atom is -0.481 e. The van der Waals surface area contributed by atoms with E-state index in [1.807, 2.05) is 72.8 Å². The first-order chi connectivity index (χ1) is 48.3. The van der Waals surface area contributed by atoms with E-state index < -0.39 is 161 Å². The predicted octanol–water partition coefficient (Wildman–Crippen LogP) is 4.15. The Hall–Kier alpha value is -10.4. The van der Waals surface area contributed by atoms with E-state index in [0.29, 0.717) is 22.3 Å². The fourth-order valence-electron chi connectivity index (χ4n) is 13.2. The quantitative estimate of drug-likeness (QED) is 0.0730. The van der Waals surface area contributed by atoms with E-state index in [1.165, 1.54) is 58.3 Å². The number of nitrogens with one attached hydrogen (secondary N) is 9. The number of carbonyl (C=O) groups excluding carboxylic acids is 10. The molecule has 6 aromatic rings. The van der Waals surface area contributed by atoms with Gasteiger partial charge in [0.2, 0.25) is 41.4 Å². The maximum atomic E-state index is 15.2. The second-order valence-electron chi connectivity index (χ2n) is 29.3. The minimum atomic E-state index is -1.61. The summed E-state index contributed by atoms with van der Waals surface area (Å²) < 4.78 is 0. The maximum Gasteiger partial charge on any atom is 0.326 e. The molecule has 12 atom stereocenters. The summed E-state index contributed by atoms with van der Waals surface area (Å²) in [5, 5.41) is 50.7. The molecule has 0 saturated carbocycles. The third-order valence-corrected chi connectivity index (χ3v) is 19.5. The van der Waals surface area contributed by atoms with Crippen LogP contribution in [-0.4, -0.2) is 185 Å². The summed E-state index contributed by atoms with van der Waals surface area (Å²) >= 11 is 0. The summed E-state index contributed by atoms with van der Waals surface area (Å²) in [5.74, 6) is -10.8. The van der Waals surface area contributed by atoms with Gasteiger partial charge in [-0.25, -0.2) is 4.79 Å². The lowest BCUT2D eigenvalue weighted by molar-refractivity contribution is -0.145. The molecule has 0 aromatic heterocycles. The van der Waals surface area contributed by atoms with Crippen molar-refractivity contribution >= 4 is 92.4 Å². The van der Waals surface area contributed by atoms with Crippen molar-refractivity contribution in [3.05, 3.63) is 167 Å². The average Bonchev–Trinajstić information content (AvgIpc) is 1.62. The van der Waals surface area contributed by atoms with Gasteiger partial charge in [-0.3, -0.25) is 52.7 Å². The van der Waals surface area contributed by atoms with Crippen LogP contribution < -0.4 is 47.9 Å². The number of hydrogen-bond donors (Lipinski definition) is 11. The standard InChI is InChI=1S/C77H93N11O14/c1-42(78-9)65(90)85-63(76(3,4)5)72(97)87-40-55-38-60(87)70(95)82-57(35-46-23-25-48-15-11-13-17-52(48)32-46)62(89)37-54(74(99)100)31-44-19-27-50(28-20-44)67(92)81-56-39-61(88(41-56)73(98)64(77(6,7)8)86-66(91)43(2)79-10)71(96)83-58(36-47-24-26-49-16-12-14-18-53(49)33-47)69(94)84-59(75(101)102)34-45-21-29-51(30-22-45)68(93)80-55/h11-30,32-33,42-43,54-61,63-64,78-79H,31,34-41H2,1-10H3,(H,80,93)(H,81,92)(H,82,95)(H,83,96)(H,84,94)(H,85,90)(H,86,91)(H,99,100)(H,101,102)/t42-,43-,54+,55-,56-,57-,58-,59-,60-,61-,63+,64+/m0/s1. The zero-order chi connectivity index (χ0) is 74.1. The topological polar surface area (TPSA) is 360 Å². The third kappa shape index (κ3) is 18.8. The fraction of sp³-hybridized carbons (Fsp3) is 0.429. The van der Waals surface area contributed by atoms with Gasteiger partial charge in [0, 0.05) is 55.6 Å². The van der Waals surface area contributed by atoms with Gasteiger partial charge in [-0.1, -0.05) is 151 Å². The van der Waals surface area contributed by atoms with Crippen molar-refractivity contribution in [2.24, 2.45) is 16.7 Å². The van der Waals surface area contributed by atoms with Gasteiger partial charge < -0.3 is 67.9 Å². The number of rotatable bonds is 14. The van der Waals surface area contributed by atoms with Gasteiger partial charge in [0.05, 0.1) is 24.0 Å². The molecule has 12 rings (SSSR count). The predicted molar refractivity (Wildman–Crippen MR) is 382 cm³/mol. The van der Waals surface area contributed by atoms with Crippen molar-refractivity contribution in [3.63, 3.8) is 0 Å². The maximum absolute atomic E-state index is 15.2. The van der Waals surface area contributed by atoms with Crippen molar-refractivity contribution < 1.29 is 67.7 Å². The molecule has 0 radical (unpaired) electrons. The second kappa shape index (κ2) is 32.5. The summed E-state index contributed by atoms with van der Waals surface area (Å²) in [4.78, 5) is 175. The minimum absolute atomic E-state index is 0.0976. The van der Waals surface area contributed by atoms with E-state index >= 15 is 19.2 Å². The SMILES string of the molecule is CN[C@@H](C)C(=O)N[C@H](C(=O)N1C[C@@H]2C[C@H]1C(=O)N[C@@H](Cc1ccc3ccccc3c1)C(=O)C[C@H](C(=O)O)Cc1ccc(cc1)C(=O)N[C@H]1C[C@@H](C(=O)N[C@@H](Cc3ccc4ccccc4c3)C(=O)N[C@H](C(=O)O)Cc3ccc(cc3)C(=O)N2)N(C(=O)[C@@H](NC(=O)[C@H](C)NC)C(C)(C)C)C1)C(C)(C)C. The lowest BCUT2D eigenvalue weighted by Gasteiger charge is -2.36. The van der Waals surface area contributed by atoms with Gasteiger partial charge in [-0.05, 0) is 133 Å². The molecule has 540 valence electrons. The Morgan fingerprint density at radius 1 is 0.480 bits per heavy atom. The number of likely N-dealkylation sites (tertiary alicyclic amines) is 2. The smallest absolute Gasteiger partial charge is 0.326 e. The highest BCUT2D eigenvalue weighted by Crippen LogP contribution is 2.31. The Kier molecular flexibility index (Phi) is 24.1. The Bertz CT molecular complexity index is 3900. The molecule has 0 unspecified atom stereocenters. The number of carboxylic acid groups (broad SMARTS) is 2. The monoisotopic (exact) mass is 1400 g/mol. The molecule has 6 aliphatic rings. The number of hydrogen-bond acceptors (Lipinski definition) is 14. The normalized spacial score (nSPS) is 22.5. The van der Waals surface area contributed by atoms with Crippen LogP contribution in [0.1, 0.15) is 118 Å². The van der Waals surface area contributed by atoms with Gasteiger partial charge in [0.25, 0.3) is 11.8 Å². The Labute approximate surface area is 592 Å². The number of benzene rings is 6. The summed E-state index contributed by atoms with van der Waals surface area (Å²) in [5.41, 5.74) is 0.345. The second-order valence-corrected chi connectivity index (χ2v) is 29.3. The number of Topliss-reactive ketones (excluding diaryl/α,β-unsaturated/α-hetero) is 1. The van der Waals surface area contributed by atoms with Crippen molar-refractivity contribution in [1.82, 2.24) is 57.7 Å². The number of amides is 9. The van der Waals surface area contributed by atoms with Gasteiger partial charge >= 0.3 is 11.9 Å². The molecule has 9 amide bonds. The third-order valence-electron chi connectivity index (χ3n) is 19.5. The molecule has 0 aliphatic carbocycles. The summed E-state index contributed by atoms with van der Waals surface area (Å²) in [6.07, 6.45) is -1.69.